The average molecular weight is 290 g/mol. The second kappa shape index (κ2) is 6.37. The van der Waals surface area contributed by atoms with Gasteiger partial charge in [-0.2, -0.15) is 0 Å². The van der Waals surface area contributed by atoms with Crippen LogP contribution in [0.25, 0.3) is 0 Å². The molecule has 1 atom stereocenters. The molecule has 0 saturated carbocycles. The Morgan fingerprint density at radius 1 is 1.20 bits per heavy atom. The molecule has 20 heavy (non-hydrogen) atoms. The smallest absolute Gasteiger partial charge is 0.119 e. The van der Waals surface area contributed by atoms with Crippen LogP contribution in [0, 0.1) is 20.8 Å². The van der Waals surface area contributed by atoms with E-state index in [1.807, 2.05) is 13.8 Å². The molecule has 3 nitrogen and oxygen atoms in total. The summed E-state index contributed by atoms with van der Waals surface area (Å²) in [5.41, 5.74) is 9.42. The molecule has 0 bridgehead atoms. The lowest BCUT2D eigenvalue weighted by atomic mass is 10.1. The third-order valence-electron chi connectivity index (χ3n) is 3.07. The topological polar surface area (TPSA) is 48.1 Å². The van der Waals surface area contributed by atoms with E-state index in [2.05, 4.69) is 37.0 Å². The SMILES string of the molecule is Cc1cc(C)cc(OCCc2nc(C)c(C(C)N)s2)c1. The standard InChI is InChI=1S/C16H22N2OS/c1-10-7-11(2)9-14(8-10)19-6-5-15-18-13(4)16(20-15)12(3)17/h7-9,12H,5-6,17H2,1-4H3. The van der Waals surface area contributed by atoms with Gasteiger partial charge in [-0.15, -0.1) is 11.3 Å². The van der Waals surface area contributed by atoms with Gasteiger partial charge in [-0.1, -0.05) is 6.07 Å². The lowest BCUT2D eigenvalue weighted by molar-refractivity contribution is 0.321. The normalized spacial score (nSPS) is 12.4. The Bertz CT molecular complexity index is 570. The largest absolute Gasteiger partial charge is 0.493 e. The van der Waals surface area contributed by atoms with Crippen molar-refractivity contribution in [2.75, 3.05) is 6.61 Å². The number of rotatable bonds is 5. The Labute approximate surface area is 124 Å². The molecule has 1 unspecified atom stereocenters. The van der Waals surface area contributed by atoms with Gasteiger partial charge in [0, 0.05) is 17.3 Å². The van der Waals surface area contributed by atoms with E-state index in [0.717, 1.165) is 22.9 Å². The van der Waals surface area contributed by atoms with Crippen molar-refractivity contribution in [2.45, 2.75) is 40.2 Å². The highest BCUT2D eigenvalue weighted by molar-refractivity contribution is 7.11. The third-order valence-corrected chi connectivity index (χ3v) is 4.49. The summed E-state index contributed by atoms with van der Waals surface area (Å²) in [7, 11) is 0. The van der Waals surface area contributed by atoms with Crippen molar-refractivity contribution < 1.29 is 4.74 Å². The molecule has 108 valence electrons. The summed E-state index contributed by atoms with van der Waals surface area (Å²) in [5.74, 6) is 0.934. The highest BCUT2D eigenvalue weighted by Gasteiger charge is 2.11. The number of nitrogens with two attached hydrogens (primary N) is 1. The number of ether oxygens (including phenoxy) is 1. The van der Waals surface area contributed by atoms with E-state index in [1.165, 1.54) is 16.0 Å². The molecule has 0 radical (unpaired) electrons. The second-order valence-electron chi connectivity index (χ2n) is 5.27. The molecule has 2 N–H and O–H groups in total. The summed E-state index contributed by atoms with van der Waals surface area (Å²) < 4.78 is 5.82. The van der Waals surface area contributed by atoms with Gasteiger partial charge in [0.25, 0.3) is 0 Å². The Kier molecular flexibility index (Phi) is 4.78. The van der Waals surface area contributed by atoms with Crippen LogP contribution in [0.1, 0.15) is 39.7 Å². The van der Waals surface area contributed by atoms with Crippen molar-refractivity contribution in [3.63, 3.8) is 0 Å². The van der Waals surface area contributed by atoms with Crippen molar-refractivity contribution >= 4 is 11.3 Å². The van der Waals surface area contributed by atoms with E-state index < -0.39 is 0 Å². The molecular formula is C16H22N2OS. The van der Waals surface area contributed by atoms with Gasteiger partial charge in [0.2, 0.25) is 0 Å². The molecule has 2 rings (SSSR count). The van der Waals surface area contributed by atoms with Gasteiger partial charge < -0.3 is 10.5 Å². The molecule has 1 aromatic heterocycles. The second-order valence-corrected chi connectivity index (χ2v) is 6.38. The fraction of sp³-hybridized carbons (Fsp3) is 0.438. The Morgan fingerprint density at radius 2 is 1.85 bits per heavy atom. The molecule has 0 aliphatic heterocycles. The van der Waals surface area contributed by atoms with Crippen LogP contribution in [-0.4, -0.2) is 11.6 Å². The van der Waals surface area contributed by atoms with Crippen molar-refractivity contribution in [3.8, 4) is 5.75 Å². The number of hydrogen-bond acceptors (Lipinski definition) is 4. The molecule has 1 aromatic carbocycles. The number of nitrogens with zero attached hydrogens (tertiary/aromatic N) is 1. The molecule has 0 aliphatic rings. The van der Waals surface area contributed by atoms with Crippen LogP contribution in [0.4, 0.5) is 0 Å². The van der Waals surface area contributed by atoms with E-state index in [4.69, 9.17) is 10.5 Å². The minimum Gasteiger partial charge on any atom is -0.493 e. The highest BCUT2D eigenvalue weighted by Crippen LogP contribution is 2.24. The molecule has 1 heterocycles. The number of hydrogen-bond donors (Lipinski definition) is 1. The van der Waals surface area contributed by atoms with E-state index in [9.17, 15) is 0 Å². The third kappa shape index (κ3) is 3.81. The monoisotopic (exact) mass is 290 g/mol. The van der Waals surface area contributed by atoms with Crippen LogP contribution in [0.15, 0.2) is 18.2 Å². The summed E-state index contributed by atoms with van der Waals surface area (Å²) in [6.45, 7) is 8.83. The molecule has 0 fully saturated rings. The van der Waals surface area contributed by atoms with Gasteiger partial charge in [0.15, 0.2) is 0 Å². The summed E-state index contributed by atoms with van der Waals surface area (Å²) in [6, 6.07) is 6.33. The van der Waals surface area contributed by atoms with Crippen LogP contribution in [0.3, 0.4) is 0 Å². The lowest BCUT2D eigenvalue weighted by Crippen LogP contribution is -2.03. The predicted octanol–water partition coefficient (Wildman–Crippen LogP) is 3.71. The van der Waals surface area contributed by atoms with Crippen molar-refractivity contribution in [1.82, 2.24) is 4.98 Å². The summed E-state index contributed by atoms with van der Waals surface area (Å²) in [5, 5.41) is 1.10. The van der Waals surface area contributed by atoms with Gasteiger partial charge in [-0.3, -0.25) is 0 Å². The van der Waals surface area contributed by atoms with Gasteiger partial charge in [0.1, 0.15) is 5.75 Å². The van der Waals surface area contributed by atoms with Crippen molar-refractivity contribution in [1.29, 1.82) is 0 Å². The zero-order valence-corrected chi connectivity index (χ0v) is 13.4. The number of thiazole rings is 1. The van der Waals surface area contributed by atoms with Crippen LogP contribution in [0.2, 0.25) is 0 Å². The first kappa shape index (κ1) is 15.0. The lowest BCUT2D eigenvalue weighted by Gasteiger charge is -2.07. The molecule has 2 aromatic rings. The van der Waals surface area contributed by atoms with Crippen LogP contribution in [-0.2, 0) is 6.42 Å². The van der Waals surface area contributed by atoms with E-state index >= 15 is 0 Å². The molecule has 0 aliphatic carbocycles. The van der Waals surface area contributed by atoms with Crippen molar-refractivity contribution in [3.05, 3.63) is 44.9 Å². The number of aromatic nitrogens is 1. The summed E-state index contributed by atoms with van der Waals surface area (Å²) in [6.07, 6.45) is 0.825. The molecule has 0 saturated heterocycles. The van der Waals surface area contributed by atoms with Crippen molar-refractivity contribution in [2.24, 2.45) is 5.73 Å². The summed E-state index contributed by atoms with van der Waals surface area (Å²) >= 11 is 1.69. The molecular weight excluding hydrogens is 268 g/mol. The quantitative estimate of drug-likeness (QED) is 0.913. The minimum absolute atomic E-state index is 0.0570. The average Bonchev–Trinajstić information content (AvgIpc) is 2.69. The Morgan fingerprint density at radius 3 is 2.40 bits per heavy atom. The number of aryl methyl sites for hydroxylation is 3. The first-order valence-corrected chi connectivity index (χ1v) is 7.70. The van der Waals surface area contributed by atoms with Gasteiger partial charge in [-0.05, 0) is 51.0 Å². The first-order chi connectivity index (χ1) is 9.45. The van der Waals surface area contributed by atoms with Gasteiger partial charge >= 0.3 is 0 Å². The fourth-order valence-corrected chi connectivity index (χ4v) is 3.27. The maximum Gasteiger partial charge on any atom is 0.119 e. The zero-order valence-electron chi connectivity index (χ0n) is 12.6. The fourth-order valence-electron chi connectivity index (χ4n) is 2.27. The minimum atomic E-state index is 0.0570. The maximum atomic E-state index is 5.92. The highest BCUT2D eigenvalue weighted by atomic mass is 32.1. The van der Waals surface area contributed by atoms with Gasteiger partial charge in [-0.25, -0.2) is 4.98 Å². The van der Waals surface area contributed by atoms with E-state index in [1.54, 1.807) is 11.3 Å². The van der Waals surface area contributed by atoms with Crippen LogP contribution in [0.5, 0.6) is 5.75 Å². The van der Waals surface area contributed by atoms with Crippen LogP contribution >= 0.6 is 11.3 Å². The predicted molar refractivity (Wildman–Crippen MR) is 84.6 cm³/mol. The Balaban J connectivity index is 1.94. The van der Waals surface area contributed by atoms with Gasteiger partial charge in [0.05, 0.1) is 17.3 Å². The number of benzene rings is 1. The first-order valence-electron chi connectivity index (χ1n) is 6.88. The molecule has 0 spiro atoms. The molecule has 4 heteroatoms. The zero-order chi connectivity index (χ0) is 14.7. The summed E-state index contributed by atoms with van der Waals surface area (Å²) in [4.78, 5) is 5.73. The van der Waals surface area contributed by atoms with Crippen LogP contribution < -0.4 is 10.5 Å². The van der Waals surface area contributed by atoms with E-state index in [0.29, 0.717) is 6.61 Å². The Hall–Kier alpha value is -1.39. The maximum absolute atomic E-state index is 5.92. The van der Waals surface area contributed by atoms with E-state index in [-0.39, 0.29) is 6.04 Å². The molecule has 0 amide bonds.